The quantitative estimate of drug-likeness (QED) is 0.902. The second-order valence-corrected chi connectivity index (χ2v) is 5.72. The van der Waals surface area contributed by atoms with Crippen LogP contribution in [0.5, 0.6) is 5.75 Å². The van der Waals surface area contributed by atoms with Crippen molar-refractivity contribution in [1.82, 2.24) is 10.2 Å². The molecule has 1 aliphatic heterocycles. The Morgan fingerprint density at radius 1 is 1.11 bits per heavy atom. The summed E-state index contributed by atoms with van der Waals surface area (Å²) in [7, 11) is 1.73. The Labute approximate surface area is 115 Å². The van der Waals surface area contributed by atoms with Gasteiger partial charge in [0.2, 0.25) is 0 Å². The largest absolute Gasteiger partial charge is 0.497 e. The zero-order valence-electron chi connectivity index (χ0n) is 11.8. The Hall–Kier alpha value is -1.06. The maximum absolute atomic E-state index is 5.23. The first-order valence-corrected chi connectivity index (χ1v) is 7.45. The molecule has 19 heavy (non-hydrogen) atoms. The van der Waals surface area contributed by atoms with Gasteiger partial charge in [-0.25, -0.2) is 0 Å². The summed E-state index contributed by atoms with van der Waals surface area (Å²) in [6.45, 7) is 4.76. The topological polar surface area (TPSA) is 24.5 Å². The predicted molar refractivity (Wildman–Crippen MR) is 77.8 cm³/mol. The molecule has 1 aromatic carbocycles. The smallest absolute Gasteiger partial charge is 0.118 e. The second-order valence-electron chi connectivity index (χ2n) is 5.72. The fraction of sp³-hybridized carbons (Fsp3) is 0.625. The molecule has 3 nitrogen and oxygen atoms in total. The van der Waals surface area contributed by atoms with Crippen LogP contribution >= 0.6 is 0 Å². The zero-order valence-corrected chi connectivity index (χ0v) is 11.8. The fourth-order valence-electron chi connectivity index (χ4n) is 3.52. The molecule has 1 saturated carbocycles. The van der Waals surface area contributed by atoms with Crippen molar-refractivity contribution in [2.24, 2.45) is 0 Å². The second kappa shape index (κ2) is 5.93. The SMILES string of the molecule is COc1ccc(C2CCC(N3CCNCC3)C2)cc1. The molecule has 2 fully saturated rings. The van der Waals surface area contributed by atoms with Crippen LogP contribution in [-0.4, -0.2) is 44.2 Å². The van der Waals surface area contributed by atoms with Crippen LogP contribution in [0.2, 0.25) is 0 Å². The monoisotopic (exact) mass is 260 g/mol. The normalized spacial score (nSPS) is 28.5. The third kappa shape index (κ3) is 2.93. The summed E-state index contributed by atoms with van der Waals surface area (Å²) in [6, 6.07) is 9.46. The lowest BCUT2D eigenvalue weighted by Crippen LogP contribution is -2.47. The predicted octanol–water partition coefficient (Wildman–Crippen LogP) is 2.24. The van der Waals surface area contributed by atoms with Crippen molar-refractivity contribution < 1.29 is 4.74 Å². The van der Waals surface area contributed by atoms with E-state index in [2.05, 4.69) is 34.5 Å². The van der Waals surface area contributed by atoms with Crippen LogP contribution in [0.3, 0.4) is 0 Å². The highest BCUT2D eigenvalue weighted by atomic mass is 16.5. The number of methoxy groups -OCH3 is 1. The van der Waals surface area contributed by atoms with Gasteiger partial charge in [0.15, 0.2) is 0 Å². The molecule has 2 unspecified atom stereocenters. The van der Waals surface area contributed by atoms with Crippen LogP contribution < -0.4 is 10.1 Å². The van der Waals surface area contributed by atoms with E-state index < -0.39 is 0 Å². The van der Waals surface area contributed by atoms with E-state index in [1.54, 1.807) is 7.11 Å². The van der Waals surface area contributed by atoms with E-state index in [4.69, 9.17) is 4.74 Å². The summed E-state index contributed by atoms with van der Waals surface area (Å²) in [6.07, 6.45) is 4.02. The van der Waals surface area contributed by atoms with E-state index in [1.165, 1.54) is 37.9 Å². The first-order valence-electron chi connectivity index (χ1n) is 7.45. The lowest BCUT2D eigenvalue weighted by atomic mass is 9.97. The van der Waals surface area contributed by atoms with Gasteiger partial charge < -0.3 is 10.1 Å². The van der Waals surface area contributed by atoms with Crippen LogP contribution in [0.4, 0.5) is 0 Å². The number of rotatable bonds is 3. The number of nitrogens with one attached hydrogen (secondary N) is 1. The van der Waals surface area contributed by atoms with Gasteiger partial charge >= 0.3 is 0 Å². The van der Waals surface area contributed by atoms with Crippen molar-refractivity contribution in [3.63, 3.8) is 0 Å². The van der Waals surface area contributed by atoms with Crippen molar-refractivity contribution in [1.29, 1.82) is 0 Å². The summed E-state index contributed by atoms with van der Waals surface area (Å²) in [4.78, 5) is 2.68. The van der Waals surface area contributed by atoms with Gasteiger partial charge in [-0.05, 0) is 42.9 Å². The Morgan fingerprint density at radius 2 is 1.84 bits per heavy atom. The maximum atomic E-state index is 5.23. The minimum Gasteiger partial charge on any atom is -0.497 e. The van der Waals surface area contributed by atoms with Gasteiger partial charge in [0, 0.05) is 32.2 Å². The van der Waals surface area contributed by atoms with Crippen molar-refractivity contribution in [2.45, 2.75) is 31.2 Å². The minimum absolute atomic E-state index is 0.741. The number of benzene rings is 1. The first-order chi connectivity index (χ1) is 9.36. The number of nitrogens with zero attached hydrogens (tertiary/aromatic N) is 1. The molecule has 0 amide bonds. The molecule has 0 spiro atoms. The molecule has 1 saturated heterocycles. The molecule has 0 radical (unpaired) electrons. The van der Waals surface area contributed by atoms with Gasteiger partial charge in [0.05, 0.1) is 7.11 Å². The van der Waals surface area contributed by atoms with Crippen LogP contribution in [-0.2, 0) is 0 Å². The Balaban J connectivity index is 1.61. The standard InChI is InChI=1S/C16H24N2O/c1-19-16-6-3-13(4-7-16)14-2-5-15(12-14)18-10-8-17-9-11-18/h3-4,6-7,14-15,17H,2,5,8-12H2,1H3. The van der Waals surface area contributed by atoms with Crippen molar-refractivity contribution in [2.75, 3.05) is 33.3 Å². The van der Waals surface area contributed by atoms with E-state index >= 15 is 0 Å². The highest BCUT2D eigenvalue weighted by molar-refractivity contribution is 5.30. The van der Waals surface area contributed by atoms with E-state index in [1.807, 2.05) is 0 Å². The van der Waals surface area contributed by atoms with Crippen molar-refractivity contribution >= 4 is 0 Å². The van der Waals surface area contributed by atoms with Gasteiger partial charge in [0.25, 0.3) is 0 Å². The Morgan fingerprint density at radius 3 is 2.53 bits per heavy atom. The van der Waals surface area contributed by atoms with Crippen molar-refractivity contribution in [3.8, 4) is 5.75 Å². The average Bonchev–Trinajstić information content (AvgIpc) is 2.98. The lowest BCUT2D eigenvalue weighted by molar-refractivity contribution is 0.174. The van der Waals surface area contributed by atoms with E-state index in [0.717, 1.165) is 30.8 Å². The molecular weight excluding hydrogens is 236 g/mol. The van der Waals surface area contributed by atoms with Crippen LogP contribution in [0.1, 0.15) is 30.7 Å². The lowest BCUT2D eigenvalue weighted by Gasteiger charge is -2.32. The molecule has 0 aromatic heterocycles. The number of hydrogen-bond donors (Lipinski definition) is 1. The summed E-state index contributed by atoms with van der Waals surface area (Å²) in [5, 5.41) is 3.44. The molecular formula is C16H24N2O. The summed E-state index contributed by atoms with van der Waals surface area (Å²) in [5.41, 5.74) is 1.48. The van der Waals surface area contributed by atoms with Crippen LogP contribution in [0.15, 0.2) is 24.3 Å². The van der Waals surface area contributed by atoms with E-state index in [9.17, 15) is 0 Å². The molecule has 2 atom stereocenters. The van der Waals surface area contributed by atoms with Gasteiger partial charge in [0.1, 0.15) is 5.75 Å². The minimum atomic E-state index is 0.741. The highest BCUT2D eigenvalue weighted by Crippen LogP contribution is 2.37. The molecule has 1 aromatic rings. The number of piperazine rings is 1. The fourth-order valence-corrected chi connectivity index (χ4v) is 3.52. The van der Waals surface area contributed by atoms with Crippen LogP contribution in [0.25, 0.3) is 0 Å². The number of hydrogen-bond acceptors (Lipinski definition) is 3. The molecule has 0 bridgehead atoms. The van der Waals surface area contributed by atoms with Gasteiger partial charge in [-0.1, -0.05) is 12.1 Å². The van der Waals surface area contributed by atoms with Gasteiger partial charge in [-0.3, -0.25) is 4.90 Å². The summed E-state index contributed by atoms with van der Waals surface area (Å²) < 4.78 is 5.23. The zero-order chi connectivity index (χ0) is 13.1. The Kier molecular flexibility index (Phi) is 4.04. The molecule has 1 heterocycles. The third-order valence-corrected chi connectivity index (χ3v) is 4.66. The Bertz CT molecular complexity index is 398. The summed E-state index contributed by atoms with van der Waals surface area (Å²) in [5.74, 6) is 1.70. The highest BCUT2D eigenvalue weighted by Gasteiger charge is 2.30. The van der Waals surface area contributed by atoms with E-state index in [-0.39, 0.29) is 0 Å². The maximum Gasteiger partial charge on any atom is 0.118 e. The third-order valence-electron chi connectivity index (χ3n) is 4.66. The van der Waals surface area contributed by atoms with Crippen molar-refractivity contribution in [3.05, 3.63) is 29.8 Å². The molecule has 1 aliphatic carbocycles. The molecule has 3 heteroatoms. The average molecular weight is 260 g/mol. The molecule has 3 rings (SSSR count). The van der Waals surface area contributed by atoms with E-state index in [0.29, 0.717) is 0 Å². The molecule has 104 valence electrons. The number of ether oxygens (including phenoxy) is 1. The molecule has 1 N–H and O–H groups in total. The van der Waals surface area contributed by atoms with Gasteiger partial charge in [-0.15, -0.1) is 0 Å². The molecule has 2 aliphatic rings. The van der Waals surface area contributed by atoms with Gasteiger partial charge in [-0.2, -0.15) is 0 Å². The first kappa shape index (κ1) is 12.9. The van der Waals surface area contributed by atoms with Crippen LogP contribution in [0, 0.1) is 0 Å². The summed E-state index contributed by atoms with van der Waals surface area (Å²) >= 11 is 0.